The number of rotatable bonds is 4. The summed E-state index contributed by atoms with van der Waals surface area (Å²) in [5, 5.41) is 0. The number of aromatic nitrogens is 2. The summed E-state index contributed by atoms with van der Waals surface area (Å²) in [5.74, 6) is 2.23. The average molecular weight is 447 g/mol. The van der Waals surface area contributed by atoms with Gasteiger partial charge >= 0.3 is 0 Å². The summed E-state index contributed by atoms with van der Waals surface area (Å²) in [6, 6.07) is 32.0. The molecule has 6 rings (SSSR count). The summed E-state index contributed by atoms with van der Waals surface area (Å²) in [6.07, 6.45) is 6.87. The number of benzene rings is 3. The van der Waals surface area contributed by atoms with E-state index >= 15 is 0 Å². The Balaban J connectivity index is 1.45. The van der Waals surface area contributed by atoms with Gasteiger partial charge < -0.3 is 9.80 Å². The maximum Gasteiger partial charge on any atom is 0.178 e. The van der Waals surface area contributed by atoms with Crippen LogP contribution in [-0.4, -0.2) is 16.6 Å². The van der Waals surface area contributed by atoms with Crippen molar-refractivity contribution in [3.8, 4) is 0 Å². The molecule has 2 aliphatic rings. The molecule has 0 spiro atoms. The average Bonchev–Trinajstić information content (AvgIpc) is 3.29. The van der Waals surface area contributed by atoms with Gasteiger partial charge in [-0.15, -0.1) is 0 Å². The monoisotopic (exact) mass is 446 g/mol. The van der Waals surface area contributed by atoms with Crippen LogP contribution in [0.3, 0.4) is 0 Å². The molecule has 1 aromatic heterocycles. The summed E-state index contributed by atoms with van der Waals surface area (Å²) in [7, 11) is 0. The molecule has 1 aliphatic carbocycles. The van der Waals surface area contributed by atoms with E-state index in [4.69, 9.17) is 9.97 Å². The zero-order chi connectivity index (χ0) is 23.0. The standard InChI is InChI=1S/C30H30N4/c1-30(23-13-5-2-6-14-23)20-12-11-19-26(30)27-21-31-28-29(32-27)34(25-17-9-4-10-18-25)22-33(28)24-15-7-3-8-16-24/h2-10,13-18,21,26H,11-12,19-20,22H2,1H3. The number of anilines is 4. The fourth-order valence-corrected chi connectivity index (χ4v) is 5.80. The molecule has 1 saturated carbocycles. The lowest BCUT2D eigenvalue weighted by atomic mass is 9.63. The van der Waals surface area contributed by atoms with Gasteiger partial charge in [0.05, 0.1) is 11.9 Å². The molecule has 170 valence electrons. The summed E-state index contributed by atoms with van der Waals surface area (Å²) >= 11 is 0. The predicted molar refractivity (Wildman–Crippen MR) is 139 cm³/mol. The minimum atomic E-state index is 0.0672. The van der Waals surface area contributed by atoms with Crippen molar-refractivity contribution in [1.82, 2.24) is 9.97 Å². The molecule has 0 N–H and O–H groups in total. The van der Waals surface area contributed by atoms with Crippen molar-refractivity contribution < 1.29 is 0 Å². The van der Waals surface area contributed by atoms with Gasteiger partial charge in [0.2, 0.25) is 0 Å². The number of fused-ring (bicyclic) bond motifs is 1. The van der Waals surface area contributed by atoms with E-state index in [1.807, 2.05) is 6.20 Å². The number of hydrogen-bond acceptors (Lipinski definition) is 4. The van der Waals surface area contributed by atoms with Crippen LogP contribution in [0.25, 0.3) is 0 Å². The Kier molecular flexibility index (Phi) is 5.29. The normalized spacial score (nSPS) is 22.0. The molecule has 4 nitrogen and oxygen atoms in total. The molecular weight excluding hydrogens is 416 g/mol. The summed E-state index contributed by atoms with van der Waals surface area (Å²) in [6.45, 7) is 3.12. The largest absolute Gasteiger partial charge is 0.305 e. The minimum absolute atomic E-state index is 0.0672. The second kappa shape index (κ2) is 8.60. The van der Waals surface area contributed by atoms with E-state index in [1.54, 1.807) is 0 Å². The Morgan fingerprint density at radius 2 is 1.32 bits per heavy atom. The van der Waals surface area contributed by atoms with Gasteiger partial charge in [0.25, 0.3) is 0 Å². The van der Waals surface area contributed by atoms with Gasteiger partial charge in [0.15, 0.2) is 11.6 Å². The number of nitrogens with zero attached hydrogens (tertiary/aromatic N) is 4. The van der Waals surface area contributed by atoms with Gasteiger partial charge in [-0.1, -0.05) is 86.5 Å². The Hall–Kier alpha value is -3.66. The highest BCUT2D eigenvalue weighted by atomic mass is 15.4. The van der Waals surface area contributed by atoms with Crippen LogP contribution in [-0.2, 0) is 5.41 Å². The molecule has 34 heavy (non-hydrogen) atoms. The Morgan fingerprint density at radius 1 is 0.735 bits per heavy atom. The third-order valence-electron chi connectivity index (χ3n) is 7.68. The van der Waals surface area contributed by atoms with E-state index in [-0.39, 0.29) is 5.41 Å². The Morgan fingerprint density at radius 3 is 1.97 bits per heavy atom. The maximum absolute atomic E-state index is 5.35. The van der Waals surface area contributed by atoms with Crippen molar-refractivity contribution in [2.45, 2.75) is 43.9 Å². The van der Waals surface area contributed by atoms with Gasteiger partial charge in [0.1, 0.15) is 6.67 Å². The van der Waals surface area contributed by atoms with Crippen LogP contribution < -0.4 is 9.80 Å². The van der Waals surface area contributed by atoms with E-state index < -0.39 is 0 Å². The first-order valence-corrected chi connectivity index (χ1v) is 12.3. The second-order valence-electron chi connectivity index (χ2n) is 9.69. The highest BCUT2D eigenvalue weighted by Crippen LogP contribution is 2.50. The molecule has 0 saturated heterocycles. The lowest BCUT2D eigenvalue weighted by Gasteiger charge is -2.42. The molecule has 0 bridgehead atoms. The van der Waals surface area contributed by atoms with E-state index in [1.165, 1.54) is 24.8 Å². The highest BCUT2D eigenvalue weighted by molar-refractivity contribution is 5.81. The van der Waals surface area contributed by atoms with Gasteiger partial charge in [-0.2, -0.15) is 0 Å². The highest BCUT2D eigenvalue weighted by Gasteiger charge is 2.41. The third-order valence-corrected chi connectivity index (χ3v) is 7.68. The van der Waals surface area contributed by atoms with Crippen molar-refractivity contribution in [3.63, 3.8) is 0 Å². The fraction of sp³-hybridized carbons (Fsp3) is 0.267. The smallest absolute Gasteiger partial charge is 0.178 e. The summed E-state index contributed by atoms with van der Waals surface area (Å²) < 4.78 is 0. The molecule has 4 aromatic rings. The Labute approximate surface area is 201 Å². The van der Waals surface area contributed by atoms with Gasteiger partial charge in [-0.25, -0.2) is 9.97 Å². The van der Waals surface area contributed by atoms with E-state index in [0.29, 0.717) is 12.6 Å². The van der Waals surface area contributed by atoms with E-state index in [2.05, 4.69) is 108 Å². The zero-order valence-electron chi connectivity index (χ0n) is 19.6. The maximum atomic E-state index is 5.35. The first kappa shape index (κ1) is 20.9. The topological polar surface area (TPSA) is 32.3 Å². The number of hydrogen-bond donors (Lipinski definition) is 0. The first-order chi connectivity index (χ1) is 16.7. The fourth-order valence-electron chi connectivity index (χ4n) is 5.80. The predicted octanol–water partition coefficient (Wildman–Crippen LogP) is 7.34. The van der Waals surface area contributed by atoms with Crippen LogP contribution in [0.2, 0.25) is 0 Å². The minimum Gasteiger partial charge on any atom is -0.305 e. The molecule has 3 aromatic carbocycles. The summed E-state index contributed by atoms with van der Waals surface area (Å²) in [4.78, 5) is 15.0. The van der Waals surface area contributed by atoms with Gasteiger partial charge in [-0.3, -0.25) is 0 Å². The summed E-state index contributed by atoms with van der Waals surface area (Å²) in [5.41, 5.74) is 4.87. The van der Waals surface area contributed by atoms with Crippen molar-refractivity contribution >= 4 is 23.0 Å². The van der Waals surface area contributed by atoms with Crippen LogP contribution in [0.15, 0.2) is 97.2 Å². The molecule has 0 amide bonds. The Bertz CT molecular complexity index is 1260. The zero-order valence-corrected chi connectivity index (χ0v) is 19.6. The van der Waals surface area contributed by atoms with Gasteiger partial charge in [0, 0.05) is 22.7 Å². The third kappa shape index (κ3) is 3.54. The lowest BCUT2D eigenvalue weighted by Crippen LogP contribution is -2.34. The van der Waals surface area contributed by atoms with Crippen molar-refractivity contribution in [2.75, 3.05) is 16.5 Å². The van der Waals surface area contributed by atoms with Crippen LogP contribution in [0.1, 0.15) is 49.8 Å². The SMILES string of the molecule is CC1(c2ccccc2)CCCCC1c1cnc2c(n1)N(c1ccccc1)CN2c1ccccc1. The molecule has 1 fully saturated rings. The van der Waals surface area contributed by atoms with Crippen molar-refractivity contribution in [3.05, 3.63) is 108 Å². The lowest BCUT2D eigenvalue weighted by molar-refractivity contribution is 0.266. The second-order valence-corrected chi connectivity index (χ2v) is 9.69. The van der Waals surface area contributed by atoms with Crippen molar-refractivity contribution in [2.24, 2.45) is 0 Å². The van der Waals surface area contributed by atoms with Crippen LogP contribution in [0.4, 0.5) is 23.0 Å². The molecule has 2 heterocycles. The quantitative estimate of drug-likeness (QED) is 0.328. The molecule has 2 unspecified atom stereocenters. The van der Waals surface area contributed by atoms with Crippen molar-refractivity contribution in [1.29, 1.82) is 0 Å². The molecule has 1 aliphatic heterocycles. The molecular formula is C30H30N4. The molecule has 2 atom stereocenters. The number of para-hydroxylation sites is 2. The van der Waals surface area contributed by atoms with Gasteiger partial charge in [-0.05, 0) is 42.7 Å². The molecule has 4 heteroatoms. The van der Waals surface area contributed by atoms with Crippen LogP contribution in [0.5, 0.6) is 0 Å². The molecule has 0 radical (unpaired) electrons. The van der Waals surface area contributed by atoms with Crippen LogP contribution >= 0.6 is 0 Å². The first-order valence-electron chi connectivity index (χ1n) is 12.3. The van der Waals surface area contributed by atoms with E-state index in [9.17, 15) is 0 Å². The van der Waals surface area contributed by atoms with Crippen LogP contribution in [0, 0.1) is 0 Å². The van der Waals surface area contributed by atoms with E-state index in [0.717, 1.165) is 35.1 Å².